The molecule has 0 aliphatic rings. The predicted molar refractivity (Wildman–Crippen MR) is 68.8 cm³/mol. The van der Waals surface area contributed by atoms with E-state index in [0.717, 1.165) is 5.39 Å². The molecular weight excluding hydrogens is 234 g/mol. The van der Waals surface area contributed by atoms with Crippen LogP contribution in [0.2, 0.25) is 0 Å². The van der Waals surface area contributed by atoms with Gasteiger partial charge < -0.3 is 10.6 Å². The van der Waals surface area contributed by atoms with Crippen LogP contribution < -0.4 is 10.6 Å². The van der Waals surface area contributed by atoms with Crippen LogP contribution in [0.15, 0.2) is 35.5 Å². The van der Waals surface area contributed by atoms with Crippen LogP contribution in [0.1, 0.15) is 0 Å². The van der Waals surface area contributed by atoms with E-state index >= 15 is 0 Å². The van der Waals surface area contributed by atoms with E-state index < -0.39 is 0 Å². The molecule has 2 amide bonds. The molecule has 0 spiro atoms. The third-order valence-corrected chi connectivity index (χ3v) is 2.52. The van der Waals surface area contributed by atoms with Gasteiger partial charge in [-0.05, 0) is 28.8 Å². The smallest absolute Gasteiger partial charge is 0.211 e. The molecule has 6 heteroatoms. The Balaban J connectivity index is 2.70. The van der Waals surface area contributed by atoms with E-state index in [0.29, 0.717) is 29.6 Å². The van der Waals surface area contributed by atoms with Crippen molar-refractivity contribution in [1.29, 1.82) is 0 Å². The quantitative estimate of drug-likeness (QED) is 0.624. The summed E-state index contributed by atoms with van der Waals surface area (Å²) in [6.07, 6.45) is 1.01. The van der Waals surface area contributed by atoms with Gasteiger partial charge >= 0.3 is 0 Å². The molecule has 2 aromatic carbocycles. The van der Waals surface area contributed by atoms with Gasteiger partial charge in [-0.3, -0.25) is 9.59 Å². The Hall–Kier alpha value is -2.76. The lowest BCUT2D eigenvalue weighted by Crippen LogP contribution is -2.01. The highest BCUT2D eigenvalue weighted by Gasteiger charge is 2.07. The Kier molecular flexibility index (Phi) is 3.29. The van der Waals surface area contributed by atoms with Crippen LogP contribution in [0.3, 0.4) is 0 Å². The first kappa shape index (κ1) is 11.7. The van der Waals surface area contributed by atoms with Gasteiger partial charge in [0.2, 0.25) is 12.8 Å². The van der Waals surface area contributed by atoms with E-state index in [1.54, 1.807) is 30.3 Å². The van der Waals surface area contributed by atoms with Crippen molar-refractivity contribution in [1.82, 2.24) is 0 Å². The van der Waals surface area contributed by atoms with Crippen LogP contribution in [0.25, 0.3) is 10.8 Å². The minimum absolute atomic E-state index is 0.277. The zero-order valence-corrected chi connectivity index (χ0v) is 9.21. The lowest BCUT2D eigenvalue weighted by Gasteiger charge is -2.09. The van der Waals surface area contributed by atoms with Crippen molar-refractivity contribution in [2.24, 2.45) is 5.18 Å². The van der Waals surface area contributed by atoms with Gasteiger partial charge in [0.05, 0.1) is 11.4 Å². The fraction of sp³-hybridized carbons (Fsp3) is 0. The average Bonchev–Trinajstić information content (AvgIpc) is 2.39. The van der Waals surface area contributed by atoms with Crippen molar-refractivity contribution in [2.75, 3.05) is 10.6 Å². The van der Waals surface area contributed by atoms with E-state index in [9.17, 15) is 14.5 Å². The van der Waals surface area contributed by atoms with E-state index in [4.69, 9.17) is 0 Å². The lowest BCUT2D eigenvalue weighted by molar-refractivity contribution is -0.106. The zero-order valence-electron chi connectivity index (χ0n) is 9.21. The Morgan fingerprint density at radius 3 is 2.28 bits per heavy atom. The van der Waals surface area contributed by atoms with Crippen molar-refractivity contribution in [3.05, 3.63) is 35.2 Å². The summed E-state index contributed by atoms with van der Waals surface area (Å²) in [5.74, 6) is 0. The van der Waals surface area contributed by atoms with Gasteiger partial charge in [0.15, 0.2) is 0 Å². The molecule has 0 aliphatic heterocycles. The Morgan fingerprint density at radius 2 is 1.67 bits per heavy atom. The first-order valence-corrected chi connectivity index (χ1v) is 5.10. The Morgan fingerprint density at radius 1 is 1.00 bits per heavy atom. The number of hydrogen-bond acceptors (Lipinski definition) is 4. The number of nitrogens with one attached hydrogen (secondary N) is 2. The van der Waals surface area contributed by atoms with Gasteiger partial charge in [0.25, 0.3) is 0 Å². The molecule has 0 saturated heterocycles. The summed E-state index contributed by atoms with van der Waals surface area (Å²) in [6.45, 7) is 0. The summed E-state index contributed by atoms with van der Waals surface area (Å²) in [6, 6.07) is 8.30. The van der Waals surface area contributed by atoms with Gasteiger partial charge in [0, 0.05) is 5.39 Å². The minimum atomic E-state index is 0.277. The normalized spacial score (nSPS) is 9.78. The van der Waals surface area contributed by atoms with E-state index in [1.165, 1.54) is 0 Å². The molecule has 0 aliphatic carbocycles. The number of rotatable bonds is 5. The first-order valence-electron chi connectivity index (χ1n) is 5.10. The van der Waals surface area contributed by atoms with Crippen molar-refractivity contribution >= 4 is 40.7 Å². The fourth-order valence-electron chi connectivity index (χ4n) is 1.75. The fourth-order valence-corrected chi connectivity index (χ4v) is 1.75. The molecule has 0 heterocycles. The number of fused-ring (bicyclic) bond motifs is 1. The zero-order chi connectivity index (χ0) is 13.0. The maximum atomic E-state index is 10.7. The monoisotopic (exact) mass is 243 g/mol. The van der Waals surface area contributed by atoms with Crippen LogP contribution in [0.5, 0.6) is 0 Å². The number of nitroso groups, excluding NO2 is 1. The third kappa shape index (κ3) is 2.03. The molecule has 0 bridgehead atoms. The second-order valence-electron chi connectivity index (χ2n) is 3.51. The highest BCUT2D eigenvalue weighted by atomic mass is 16.3. The Bertz CT molecular complexity index is 625. The molecule has 2 aromatic rings. The van der Waals surface area contributed by atoms with Crippen LogP contribution in [0, 0.1) is 4.91 Å². The summed E-state index contributed by atoms with van der Waals surface area (Å²) >= 11 is 0. The Labute approximate surface area is 102 Å². The molecule has 90 valence electrons. The summed E-state index contributed by atoms with van der Waals surface area (Å²) in [5.41, 5.74) is 1.13. The molecule has 0 unspecified atom stereocenters. The third-order valence-electron chi connectivity index (χ3n) is 2.52. The summed E-state index contributed by atoms with van der Waals surface area (Å²) < 4.78 is 0. The number of anilines is 2. The predicted octanol–water partition coefficient (Wildman–Crippen LogP) is 2.37. The molecule has 0 aromatic heterocycles. The number of nitrogens with zero attached hydrogens (tertiary/aromatic N) is 1. The summed E-state index contributed by atoms with van der Waals surface area (Å²) in [4.78, 5) is 31.7. The lowest BCUT2D eigenvalue weighted by atomic mass is 10.1. The largest absolute Gasteiger partial charge is 0.327 e. The number of hydrogen-bond donors (Lipinski definition) is 2. The van der Waals surface area contributed by atoms with Gasteiger partial charge in [-0.15, -0.1) is 4.91 Å². The van der Waals surface area contributed by atoms with Gasteiger partial charge in [0.1, 0.15) is 5.69 Å². The molecule has 2 rings (SSSR count). The van der Waals surface area contributed by atoms with Gasteiger partial charge in [-0.1, -0.05) is 12.1 Å². The molecule has 2 N–H and O–H groups in total. The maximum Gasteiger partial charge on any atom is 0.211 e. The maximum absolute atomic E-state index is 10.7. The van der Waals surface area contributed by atoms with Gasteiger partial charge in [-0.2, -0.15) is 0 Å². The molecule has 0 radical (unpaired) electrons. The molecule has 0 atom stereocenters. The van der Waals surface area contributed by atoms with Crippen molar-refractivity contribution in [3.63, 3.8) is 0 Å². The topological polar surface area (TPSA) is 87.6 Å². The average molecular weight is 243 g/mol. The summed E-state index contributed by atoms with van der Waals surface area (Å²) in [5, 5.41) is 9.21. The van der Waals surface area contributed by atoms with Crippen LogP contribution >= 0.6 is 0 Å². The molecule has 0 saturated carbocycles. The van der Waals surface area contributed by atoms with E-state index in [-0.39, 0.29) is 5.69 Å². The van der Waals surface area contributed by atoms with Crippen LogP contribution in [-0.4, -0.2) is 12.8 Å². The molecule has 0 fully saturated rings. The molecule has 6 nitrogen and oxygen atoms in total. The number of carbonyl (C=O) groups excluding carboxylic acids is 2. The second kappa shape index (κ2) is 5.05. The van der Waals surface area contributed by atoms with Crippen LogP contribution in [0.4, 0.5) is 17.1 Å². The standard InChI is InChI=1S/C12H9N3O3/c16-6-13-11-4-8-2-1-3-10(15-18)9(8)5-12(11)14-7-17/h1-7H,(H,13,16)(H,14,17). The number of benzene rings is 2. The summed E-state index contributed by atoms with van der Waals surface area (Å²) in [7, 11) is 0. The van der Waals surface area contributed by atoms with Crippen molar-refractivity contribution in [3.8, 4) is 0 Å². The van der Waals surface area contributed by atoms with Gasteiger partial charge in [-0.25, -0.2) is 0 Å². The van der Waals surface area contributed by atoms with Crippen molar-refractivity contribution < 1.29 is 9.59 Å². The molecule has 18 heavy (non-hydrogen) atoms. The SMILES string of the molecule is O=CNc1cc2cccc(N=O)c2cc1NC=O. The van der Waals surface area contributed by atoms with Crippen molar-refractivity contribution in [2.45, 2.75) is 0 Å². The van der Waals surface area contributed by atoms with E-state index in [2.05, 4.69) is 15.8 Å². The highest BCUT2D eigenvalue weighted by Crippen LogP contribution is 2.33. The number of amides is 2. The molecular formula is C12H9N3O3. The number of carbonyl (C=O) groups is 2. The minimum Gasteiger partial charge on any atom is -0.327 e. The first-order chi connectivity index (χ1) is 8.80. The highest BCUT2D eigenvalue weighted by molar-refractivity contribution is 6.01. The second-order valence-corrected chi connectivity index (χ2v) is 3.51. The van der Waals surface area contributed by atoms with E-state index in [1.807, 2.05) is 0 Å². The van der Waals surface area contributed by atoms with Crippen LogP contribution in [-0.2, 0) is 9.59 Å².